The number of alkyl halides is 6. The Bertz CT molecular complexity index is 1560. The molecule has 3 N–H and O–H groups in total. The molecule has 0 spiro atoms. The van der Waals surface area contributed by atoms with E-state index in [0.29, 0.717) is 40.2 Å². The molecular weight excluding hydrogens is 675 g/mol. The number of carbonyl (C=O) groups excluding carboxylic acids is 2. The molecule has 0 saturated carbocycles. The zero-order valence-electron chi connectivity index (χ0n) is 23.6. The van der Waals surface area contributed by atoms with Crippen LogP contribution in [0.1, 0.15) is 42.9 Å². The van der Waals surface area contributed by atoms with Gasteiger partial charge in [-0.1, -0.05) is 27.6 Å². The molecule has 15 heteroatoms. The molecule has 3 aliphatic rings. The Morgan fingerprint density at radius 1 is 1.04 bits per heavy atom. The van der Waals surface area contributed by atoms with Gasteiger partial charge in [0.2, 0.25) is 11.8 Å². The van der Waals surface area contributed by atoms with Crippen LogP contribution in [-0.2, 0) is 26.6 Å². The quantitative estimate of drug-likeness (QED) is 0.140. The van der Waals surface area contributed by atoms with E-state index in [9.17, 15) is 51.2 Å². The average molecular weight is 702 g/mol. The number of fused-ring (bicyclic) bond motifs is 3. The molecule has 0 radical (unpaired) electrons. The molecule has 2 fully saturated rings. The van der Waals surface area contributed by atoms with Crippen molar-refractivity contribution in [3.8, 4) is 5.75 Å². The van der Waals surface area contributed by atoms with Crippen molar-refractivity contribution in [3.05, 3.63) is 74.3 Å². The number of allylic oxidation sites excluding steroid dienone is 1. The maximum atomic E-state index is 13.8. The molecule has 2 aromatic carbocycles. The number of carbonyl (C=O) groups is 2. The number of aliphatic hydroxyl groups excluding tert-OH is 1. The number of phenolic OH excluding ortho intramolecular Hbond substituents is 1. The number of rotatable bonds is 6. The fraction of sp³-hybridized carbons (Fsp3) is 0.400. The lowest BCUT2D eigenvalue weighted by molar-refractivity contribution is -0.143. The highest BCUT2D eigenvalue weighted by Gasteiger charge is 2.58. The Kier molecular flexibility index (Phi) is 9.03. The molecule has 2 aromatic rings. The molecule has 0 unspecified atom stereocenters. The van der Waals surface area contributed by atoms with E-state index in [0.717, 1.165) is 10.0 Å². The largest absolute Gasteiger partial charge is 0.507 e. The first kappa shape index (κ1) is 33.2. The molecule has 0 bridgehead atoms. The molecule has 45 heavy (non-hydrogen) atoms. The monoisotopic (exact) mass is 701 g/mol. The molecule has 2 saturated heterocycles. The number of aromatic hydroxyl groups is 1. The summed E-state index contributed by atoms with van der Waals surface area (Å²) >= 11 is 3.35. The molecule has 0 aromatic heterocycles. The molecule has 2 aliphatic heterocycles. The molecule has 240 valence electrons. The zero-order valence-corrected chi connectivity index (χ0v) is 25.2. The van der Waals surface area contributed by atoms with Gasteiger partial charge in [-0.3, -0.25) is 9.59 Å². The minimum Gasteiger partial charge on any atom is -0.507 e. The number of benzene rings is 2. The van der Waals surface area contributed by atoms with Crippen molar-refractivity contribution in [2.75, 3.05) is 11.5 Å². The molecular formula is C30H27BBrF6NO6. The molecule has 4 atom stereocenters. The summed E-state index contributed by atoms with van der Waals surface area (Å²) in [5, 5.41) is 31.1. The summed E-state index contributed by atoms with van der Waals surface area (Å²) in [6.07, 6.45) is -9.07. The van der Waals surface area contributed by atoms with Gasteiger partial charge in [-0.15, -0.1) is 0 Å². The summed E-state index contributed by atoms with van der Waals surface area (Å²) in [4.78, 5) is 27.7. The van der Waals surface area contributed by atoms with Crippen molar-refractivity contribution in [2.24, 2.45) is 17.8 Å². The van der Waals surface area contributed by atoms with Gasteiger partial charge in [0, 0.05) is 10.0 Å². The van der Waals surface area contributed by atoms with Gasteiger partial charge in [0.15, 0.2) is 0 Å². The van der Waals surface area contributed by atoms with Crippen LogP contribution in [0.2, 0.25) is 6.32 Å². The van der Waals surface area contributed by atoms with Crippen molar-refractivity contribution < 1.29 is 55.8 Å². The van der Waals surface area contributed by atoms with Gasteiger partial charge in [-0.25, -0.2) is 4.90 Å². The van der Waals surface area contributed by atoms with Gasteiger partial charge >= 0.3 is 19.5 Å². The summed E-state index contributed by atoms with van der Waals surface area (Å²) < 4.78 is 87.9. The summed E-state index contributed by atoms with van der Waals surface area (Å²) in [7, 11) is -1.39. The second-order valence-electron chi connectivity index (χ2n) is 11.5. The lowest BCUT2D eigenvalue weighted by atomic mass is 9.58. The maximum absolute atomic E-state index is 13.8. The molecule has 2 heterocycles. The first-order valence-electron chi connectivity index (χ1n) is 14.0. The van der Waals surface area contributed by atoms with Crippen LogP contribution in [0.4, 0.5) is 32.0 Å². The SMILES string of the molecule is C/C(=C\c1cc(Br)ccc1O)CC[C@H]1OB(O)C[C@H]2C1=C(CO)C[C@H]1C(=O)N(c3cc(C(F)(F)F)cc(C(F)(F)F)c3)C(=O)[C@H]12. The van der Waals surface area contributed by atoms with Crippen LogP contribution in [0.15, 0.2) is 57.6 Å². The number of anilines is 1. The highest BCUT2D eigenvalue weighted by Crippen LogP contribution is 2.52. The number of hydrogen-bond donors (Lipinski definition) is 3. The fourth-order valence-corrected chi connectivity index (χ4v) is 6.95. The van der Waals surface area contributed by atoms with Gasteiger partial charge in [-0.05, 0) is 86.0 Å². The molecule has 7 nitrogen and oxygen atoms in total. The van der Waals surface area contributed by atoms with E-state index in [-0.39, 0.29) is 31.0 Å². The third kappa shape index (κ3) is 6.58. The predicted octanol–water partition coefficient (Wildman–Crippen LogP) is 6.37. The highest BCUT2D eigenvalue weighted by molar-refractivity contribution is 9.10. The predicted molar refractivity (Wildman–Crippen MR) is 154 cm³/mol. The van der Waals surface area contributed by atoms with E-state index < -0.39 is 78.6 Å². The van der Waals surface area contributed by atoms with E-state index in [1.54, 1.807) is 18.2 Å². The van der Waals surface area contributed by atoms with Crippen LogP contribution in [0, 0.1) is 17.8 Å². The first-order valence-corrected chi connectivity index (χ1v) is 14.8. The van der Waals surface area contributed by atoms with E-state index >= 15 is 0 Å². The standard InChI is InChI=1S/C30H27BBrF6NO6/c1-14(6-15-7-19(32)3-4-23(15)41)2-5-24-25-16(13-40)8-21-26(22(25)12-31(44)45-24)28(43)39(27(21)42)20-10-17(29(33,34)35)9-18(11-20)30(36,37)38/h3-4,6-7,9-11,21-22,24,26,40-41,44H,2,5,8,12-13H2,1H3/b14-6+/t21-,22+,24-,26-/m1/s1. The molecule has 5 rings (SSSR count). The molecule has 2 amide bonds. The lowest BCUT2D eigenvalue weighted by Gasteiger charge is -2.42. The fourth-order valence-electron chi connectivity index (χ4n) is 6.57. The van der Waals surface area contributed by atoms with Gasteiger partial charge in [-0.2, -0.15) is 26.3 Å². The average Bonchev–Trinajstić information content (AvgIpc) is 3.21. The summed E-state index contributed by atoms with van der Waals surface area (Å²) in [5.41, 5.74) is -1.95. The second kappa shape index (κ2) is 12.2. The van der Waals surface area contributed by atoms with Crippen LogP contribution in [0.5, 0.6) is 5.75 Å². The van der Waals surface area contributed by atoms with Crippen molar-refractivity contribution >= 4 is 46.6 Å². The van der Waals surface area contributed by atoms with E-state index in [1.807, 2.05) is 6.92 Å². The Hall–Kier alpha value is -3.14. The third-order valence-electron chi connectivity index (χ3n) is 8.52. The van der Waals surface area contributed by atoms with Gasteiger partial charge < -0.3 is 19.9 Å². The normalized spacial score (nSPS) is 24.4. The zero-order chi connectivity index (χ0) is 33.0. The van der Waals surface area contributed by atoms with E-state index in [2.05, 4.69) is 15.9 Å². The third-order valence-corrected chi connectivity index (χ3v) is 9.02. The number of aliphatic hydroxyl groups is 1. The van der Waals surface area contributed by atoms with Gasteiger partial charge in [0.25, 0.3) is 0 Å². The van der Waals surface area contributed by atoms with Crippen LogP contribution < -0.4 is 4.90 Å². The van der Waals surface area contributed by atoms with Crippen molar-refractivity contribution in [3.63, 3.8) is 0 Å². The highest BCUT2D eigenvalue weighted by atomic mass is 79.9. The Balaban J connectivity index is 1.46. The number of hydrogen-bond acceptors (Lipinski definition) is 6. The topological polar surface area (TPSA) is 107 Å². The Labute approximate surface area is 262 Å². The first-order chi connectivity index (χ1) is 21.0. The van der Waals surface area contributed by atoms with E-state index in [4.69, 9.17) is 4.65 Å². The number of nitrogens with zero attached hydrogens (tertiary/aromatic N) is 1. The smallest absolute Gasteiger partial charge is 0.455 e. The summed E-state index contributed by atoms with van der Waals surface area (Å²) in [5.74, 6) is -5.11. The van der Waals surface area contributed by atoms with E-state index in [1.165, 1.54) is 6.07 Å². The number of imide groups is 1. The van der Waals surface area contributed by atoms with Crippen molar-refractivity contribution in [1.29, 1.82) is 0 Å². The lowest BCUT2D eigenvalue weighted by Crippen LogP contribution is -2.46. The van der Waals surface area contributed by atoms with Crippen LogP contribution >= 0.6 is 15.9 Å². The number of phenols is 1. The summed E-state index contributed by atoms with van der Waals surface area (Å²) in [6, 6.07) is 5.51. The van der Waals surface area contributed by atoms with Crippen LogP contribution in [0.25, 0.3) is 6.08 Å². The van der Waals surface area contributed by atoms with Gasteiger partial charge in [0.1, 0.15) is 5.75 Å². The van der Waals surface area contributed by atoms with Crippen LogP contribution in [0.3, 0.4) is 0 Å². The van der Waals surface area contributed by atoms with Crippen LogP contribution in [-0.4, -0.2) is 46.9 Å². The minimum atomic E-state index is -5.19. The Morgan fingerprint density at radius 3 is 2.29 bits per heavy atom. The molecule has 1 aliphatic carbocycles. The second-order valence-corrected chi connectivity index (χ2v) is 12.4. The number of halogens is 7. The Morgan fingerprint density at radius 2 is 1.69 bits per heavy atom. The minimum absolute atomic E-state index is 0.0580. The van der Waals surface area contributed by atoms with Gasteiger partial charge in [0.05, 0.1) is 41.4 Å². The maximum Gasteiger partial charge on any atom is 0.455 e. The number of amides is 2. The summed E-state index contributed by atoms with van der Waals surface area (Å²) in [6.45, 7) is 1.28. The van der Waals surface area contributed by atoms with Crippen molar-refractivity contribution in [2.45, 2.75) is 51.0 Å². The van der Waals surface area contributed by atoms with Crippen molar-refractivity contribution in [1.82, 2.24) is 0 Å².